The molecule has 0 unspecified atom stereocenters. The molecule has 1 aromatic carbocycles. The number of anilines is 1. The van der Waals surface area contributed by atoms with Crippen molar-refractivity contribution in [3.8, 4) is 0 Å². The monoisotopic (exact) mass is 207 g/mol. The number of aliphatic hydroxyl groups excluding tert-OH is 1. The summed E-state index contributed by atoms with van der Waals surface area (Å²) in [4.78, 5) is 1.89. The molecule has 0 aromatic heterocycles. The maximum atomic E-state index is 8.87. The van der Waals surface area contributed by atoms with Crippen molar-refractivity contribution in [1.82, 2.24) is 0 Å². The van der Waals surface area contributed by atoms with Gasteiger partial charge >= 0.3 is 0 Å². The molecule has 1 rings (SSSR count). The van der Waals surface area contributed by atoms with Gasteiger partial charge in [0.25, 0.3) is 0 Å². The minimum absolute atomic E-state index is 0.0507. The maximum Gasteiger partial charge on any atom is 0.124 e. The van der Waals surface area contributed by atoms with Crippen LogP contribution < -0.4 is 10.6 Å². The number of aliphatic hydroxyl groups is 1. The molecule has 0 spiro atoms. The van der Waals surface area contributed by atoms with Crippen LogP contribution in [0.1, 0.15) is 11.1 Å². The average molecular weight is 207 g/mol. The molecule has 82 valence electrons. The van der Waals surface area contributed by atoms with Crippen LogP contribution >= 0.6 is 0 Å². The molecule has 4 heteroatoms. The molecule has 0 aliphatic heterocycles. The number of nitrogens with two attached hydrogens (primary N) is 1. The first-order valence-electron chi connectivity index (χ1n) is 4.83. The van der Waals surface area contributed by atoms with E-state index < -0.39 is 0 Å². The number of rotatable bonds is 4. The second-order valence-corrected chi connectivity index (χ2v) is 3.58. The van der Waals surface area contributed by atoms with Crippen LogP contribution in [0.25, 0.3) is 0 Å². The SMILES string of the molecule is Cc1ccc(C(=N)N)c(N(C)CCO)c1. The van der Waals surface area contributed by atoms with E-state index in [9.17, 15) is 0 Å². The van der Waals surface area contributed by atoms with Crippen LogP contribution in [0.2, 0.25) is 0 Å². The van der Waals surface area contributed by atoms with Crippen LogP contribution in [-0.2, 0) is 0 Å². The number of amidine groups is 1. The fourth-order valence-electron chi connectivity index (χ4n) is 1.46. The number of hydrogen-bond donors (Lipinski definition) is 3. The lowest BCUT2D eigenvalue weighted by molar-refractivity contribution is 0.304. The molecule has 0 saturated carbocycles. The van der Waals surface area contributed by atoms with E-state index in [0.29, 0.717) is 12.1 Å². The summed E-state index contributed by atoms with van der Waals surface area (Å²) in [6, 6.07) is 5.72. The molecule has 4 nitrogen and oxygen atoms in total. The molecule has 0 aliphatic rings. The van der Waals surface area contributed by atoms with Crippen LogP contribution in [-0.4, -0.2) is 31.1 Å². The summed E-state index contributed by atoms with van der Waals surface area (Å²) in [7, 11) is 1.87. The molecule has 15 heavy (non-hydrogen) atoms. The van der Waals surface area contributed by atoms with E-state index in [1.54, 1.807) is 0 Å². The molecule has 0 bridgehead atoms. The van der Waals surface area contributed by atoms with Crippen molar-refractivity contribution < 1.29 is 5.11 Å². The Hall–Kier alpha value is -1.55. The fraction of sp³-hybridized carbons (Fsp3) is 0.364. The van der Waals surface area contributed by atoms with Gasteiger partial charge in [-0.2, -0.15) is 0 Å². The Morgan fingerprint density at radius 2 is 2.20 bits per heavy atom. The van der Waals surface area contributed by atoms with E-state index in [-0.39, 0.29) is 12.4 Å². The van der Waals surface area contributed by atoms with Gasteiger partial charge in [-0.05, 0) is 24.6 Å². The summed E-state index contributed by atoms with van der Waals surface area (Å²) < 4.78 is 0. The van der Waals surface area contributed by atoms with Gasteiger partial charge in [0.15, 0.2) is 0 Å². The minimum Gasteiger partial charge on any atom is -0.395 e. The van der Waals surface area contributed by atoms with Crippen LogP contribution in [0.5, 0.6) is 0 Å². The molecule has 0 heterocycles. The predicted molar refractivity (Wildman–Crippen MR) is 62.6 cm³/mol. The van der Waals surface area contributed by atoms with Crippen LogP contribution in [0.3, 0.4) is 0 Å². The van der Waals surface area contributed by atoms with Crippen molar-refractivity contribution in [2.24, 2.45) is 5.73 Å². The molecular weight excluding hydrogens is 190 g/mol. The third kappa shape index (κ3) is 2.70. The normalized spacial score (nSPS) is 10.1. The number of nitrogens with one attached hydrogen (secondary N) is 1. The van der Waals surface area contributed by atoms with E-state index in [1.807, 2.05) is 37.1 Å². The first-order valence-corrected chi connectivity index (χ1v) is 4.83. The Balaban J connectivity index is 3.12. The zero-order chi connectivity index (χ0) is 11.4. The van der Waals surface area contributed by atoms with E-state index in [2.05, 4.69) is 0 Å². The van der Waals surface area contributed by atoms with Gasteiger partial charge in [0.1, 0.15) is 5.84 Å². The van der Waals surface area contributed by atoms with Gasteiger partial charge in [-0.3, -0.25) is 5.41 Å². The number of likely N-dealkylation sites (N-methyl/N-ethyl adjacent to an activating group) is 1. The number of hydrogen-bond acceptors (Lipinski definition) is 3. The largest absolute Gasteiger partial charge is 0.395 e. The van der Waals surface area contributed by atoms with E-state index >= 15 is 0 Å². The lowest BCUT2D eigenvalue weighted by atomic mass is 10.1. The van der Waals surface area contributed by atoms with Gasteiger partial charge in [0.05, 0.1) is 6.61 Å². The molecule has 0 amide bonds. The third-order valence-corrected chi connectivity index (χ3v) is 2.29. The molecule has 0 radical (unpaired) electrons. The Morgan fingerprint density at radius 3 is 2.73 bits per heavy atom. The van der Waals surface area contributed by atoms with E-state index in [0.717, 1.165) is 11.3 Å². The second kappa shape index (κ2) is 4.79. The Bertz CT molecular complexity index is 363. The van der Waals surface area contributed by atoms with E-state index in [1.165, 1.54) is 0 Å². The van der Waals surface area contributed by atoms with Gasteiger partial charge in [-0.15, -0.1) is 0 Å². The van der Waals surface area contributed by atoms with Crippen molar-refractivity contribution in [2.75, 3.05) is 25.1 Å². The van der Waals surface area contributed by atoms with Gasteiger partial charge < -0.3 is 15.7 Å². The van der Waals surface area contributed by atoms with Crippen molar-refractivity contribution >= 4 is 11.5 Å². The second-order valence-electron chi connectivity index (χ2n) is 3.58. The number of aryl methyl sites for hydroxylation is 1. The van der Waals surface area contributed by atoms with Crippen molar-refractivity contribution in [3.05, 3.63) is 29.3 Å². The fourth-order valence-corrected chi connectivity index (χ4v) is 1.46. The summed E-state index contributed by atoms with van der Waals surface area (Å²) in [5, 5.41) is 16.3. The Labute approximate surface area is 89.8 Å². The van der Waals surface area contributed by atoms with Gasteiger partial charge in [-0.1, -0.05) is 6.07 Å². The highest BCUT2D eigenvalue weighted by Gasteiger charge is 2.09. The molecule has 0 fully saturated rings. The van der Waals surface area contributed by atoms with E-state index in [4.69, 9.17) is 16.2 Å². The Kier molecular flexibility index (Phi) is 3.68. The van der Waals surface area contributed by atoms with Crippen LogP contribution in [0.4, 0.5) is 5.69 Å². The lowest BCUT2D eigenvalue weighted by Crippen LogP contribution is -2.25. The van der Waals surface area contributed by atoms with Crippen molar-refractivity contribution in [2.45, 2.75) is 6.92 Å². The summed E-state index contributed by atoms with van der Waals surface area (Å²) in [6.07, 6.45) is 0. The summed E-state index contributed by atoms with van der Waals surface area (Å²) >= 11 is 0. The quantitative estimate of drug-likeness (QED) is 0.503. The zero-order valence-corrected chi connectivity index (χ0v) is 9.12. The summed E-state index contributed by atoms with van der Waals surface area (Å²) in [5.74, 6) is 0.0507. The van der Waals surface area contributed by atoms with Gasteiger partial charge in [0, 0.05) is 24.8 Å². The highest BCUT2D eigenvalue weighted by molar-refractivity contribution is 6.00. The number of nitrogens with zero attached hydrogens (tertiary/aromatic N) is 1. The molecule has 0 atom stereocenters. The molecule has 0 aliphatic carbocycles. The predicted octanol–water partition coefficient (Wildman–Crippen LogP) is 0.708. The summed E-state index contributed by atoms with van der Waals surface area (Å²) in [5.41, 5.74) is 8.19. The topological polar surface area (TPSA) is 73.3 Å². The van der Waals surface area contributed by atoms with Crippen molar-refractivity contribution in [3.63, 3.8) is 0 Å². The van der Waals surface area contributed by atoms with Crippen molar-refractivity contribution in [1.29, 1.82) is 5.41 Å². The lowest BCUT2D eigenvalue weighted by Gasteiger charge is -2.21. The summed E-state index contributed by atoms with van der Waals surface area (Å²) in [6.45, 7) is 2.60. The zero-order valence-electron chi connectivity index (χ0n) is 9.12. The first kappa shape index (κ1) is 11.5. The Morgan fingerprint density at radius 1 is 1.53 bits per heavy atom. The standard InChI is InChI=1S/C11H17N3O/c1-8-3-4-9(11(12)13)10(7-8)14(2)5-6-15/h3-4,7,15H,5-6H2,1-2H3,(H3,12,13). The molecule has 1 aromatic rings. The van der Waals surface area contributed by atoms with Crippen LogP contribution in [0.15, 0.2) is 18.2 Å². The molecule has 0 saturated heterocycles. The van der Waals surface area contributed by atoms with Crippen LogP contribution in [0, 0.1) is 12.3 Å². The number of benzene rings is 1. The highest BCUT2D eigenvalue weighted by atomic mass is 16.3. The smallest absolute Gasteiger partial charge is 0.124 e. The highest BCUT2D eigenvalue weighted by Crippen LogP contribution is 2.20. The minimum atomic E-state index is 0.0507. The molecule has 4 N–H and O–H groups in total. The third-order valence-electron chi connectivity index (χ3n) is 2.29. The first-order chi connectivity index (χ1) is 7.06. The van der Waals surface area contributed by atoms with Gasteiger partial charge in [-0.25, -0.2) is 0 Å². The van der Waals surface area contributed by atoms with Gasteiger partial charge in [0.2, 0.25) is 0 Å². The average Bonchev–Trinajstić information content (AvgIpc) is 2.17. The maximum absolute atomic E-state index is 8.87. The molecular formula is C11H17N3O. The number of nitrogen functional groups attached to an aromatic ring is 1.